The van der Waals surface area contributed by atoms with Gasteiger partial charge in [-0.1, -0.05) is 12.1 Å². The van der Waals surface area contributed by atoms with Gasteiger partial charge in [-0.25, -0.2) is 9.97 Å². The Morgan fingerprint density at radius 2 is 2.07 bits per heavy atom. The molecule has 0 spiro atoms. The van der Waals surface area contributed by atoms with Gasteiger partial charge in [0, 0.05) is 37.1 Å². The molecule has 0 N–H and O–H groups in total. The molecule has 10 heteroatoms. The van der Waals surface area contributed by atoms with Crippen LogP contribution < -0.4 is 0 Å². The summed E-state index contributed by atoms with van der Waals surface area (Å²) in [6, 6.07) is 1.08. The van der Waals surface area contributed by atoms with Gasteiger partial charge in [0.05, 0.1) is 23.0 Å². The van der Waals surface area contributed by atoms with E-state index in [0.717, 1.165) is 6.07 Å². The number of alkyl halides is 3. The number of halogens is 3. The third-order valence-corrected chi connectivity index (χ3v) is 5.30. The van der Waals surface area contributed by atoms with Crippen molar-refractivity contribution < 1.29 is 22.5 Å². The average Bonchev–Trinajstić information content (AvgIpc) is 3.36. The molecule has 1 amide bonds. The molecule has 0 radical (unpaired) electrons. The fraction of sp³-hybridized carbons (Fsp3) is 0.474. The van der Waals surface area contributed by atoms with Crippen molar-refractivity contribution >= 4 is 17.0 Å². The summed E-state index contributed by atoms with van der Waals surface area (Å²) in [4.78, 5) is 22.2. The summed E-state index contributed by atoms with van der Waals surface area (Å²) in [7, 11) is 0. The van der Waals surface area contributed by atoms with Gasteiger partial charge in [-0.2, -0.15) is 13.2 Å². The molecule has 0 aromatic carbocycles. The van der Waals surface area contributed by atoms with Crippen LogP contribution in [0.5, 0.6) is 0 Å². The van der Waals surface area contributed by atoms with Gasteiger partial charge in [-0.3, -0.25) is 4.79 Å². The number of amides is 1. The largest absolute Gasteiger partial charge is 0.417 e. The molecule has 3 aromatic rings. The minimum absolute atomic E-state index is 0.0447. The lowest BCUT2D eigenvalue weighted by Gasteiger charge is -2.31. The SMILES string of the molecule is CCc1cc(C(F)(F)F)c2c(C3CCN(C(=O)Cn4ccnc4)CC3)noc2n1. The molecule has 29 heavy (non-hydrogen) atoms. The number of likely N-dealkylation sites (tertiary alicyclic amines) is 1. The number of hydrogen-bond donors (Lipinski definition) is 0. The molecular formula is C19H20F3N5O2. The van der Waals surface area contributed by atoms with E-state index in [-0.39, 0.29) is 35.2 Å². The van der Waals surface area contributed by atoms with Crippen LogP contribution in [0.2, 0.25) is 0 Å². The summed E-state index contributed by atoms with van der Waals surface area (Å²) in [5.74, 6) is -0.263. The summed E-state index contributed by atoms with van der Waals surface area (Å²) in [5, 5.41) is 3.89. The van der Waals surface area contributed by atoms with Crippen LogP contribution in [0.15, 0.2) is 29.3 Å². The van der Waals surface area contributed by atoms with E-state index >= 15 is 0 Å². The Morgan fingerprint density at radius 3 is 2.69 bits per heavy atom. The first-order valence-corrected chi connectivity index (χ1v) is 9.46. The van der Waals surface area contributed by atoms with Crippen LogP contribution in [0.25, 0.3) is 11.1 Å². The van der Waals surface area contributed by atoms with Crippen LogP contribution in [-0.4, -0.2) is 43.6 Å². The van der Waals surface area contributed by atoms with E-state index in [0.29, 0.717) is 38.0 Å². The summed E-state index contributed by atoms with van der Waals surface area (Å²) in [6.45, 7) is 2.84. The molecule has 0 bridgehead atoms. The van der Waals surface area contributed by atoms with E-state index in [1.165, 1.54) is 0 Å². The average molecular weight is 407 g/mol. The molecule has 0 atom stereocenters. The summed E-state index contributed by atoms with van der Waals surface area (Å²) < 4.78 is 47.8. The van der Waals surface area contributed by atoms with E-state index in [9.17, 15) is 18.0 Å². The first kappa shape index (κ1) is 19.4. The molecule has 154 valence electrons. The Balaban J connectivity index is 1.55. The van der Waals surface area contributed by atoms with Crippen molar-refractivity contribution in [1.82, 2.24) is 24.6 Å². The number of rotatable bonds is 4. The second kappa shape index (κ2) is 7.49. The molecule has 3 aromatic heterocycles. The zero-order valence-corrected chi connectivity index (χ0v) is 15.8. The van der Waals surface area contributed by atoms with Crippen LogP contribution in [0.3, 0.4) is 0 Å². The Bertz CT molecular complexity index is 1000. The summed E-state index contributed by atoms with van der Waals surface area (Å²) >= 11 is 0. The molecule has 4 heterocycles. The number of aryl methyl sites for hydroxylation is 1. The van der Waals surface area contributed by atoms with E-state index in [1.807, 2.05) is 0 Å². The van der Waals surface area contributed by atoms with Crippen LogP contribution in [-0.2, 0) is 23.9 Å². The monoisotopic (exact) mass is 407 g/mol. The fourth-order valence-corrected chi connectivity index (χ4v) is 3.75. The Morgan fingerprint density at radius 1 is 1.31 bits per heavy atom. The first-order chi connectivity index (χ1) is 13.9. The highest BCUT2D eigenvalue weighted by atomic mass is 19.4. The third kappa shape index (κ3) is 3.83. The lowest BCUT2D eigenvalue weighted by atomic mass is 9.90. The highest BCUT2D eigenvalue weighted by molar-refractivity contribution is 5.82. The first-order valence-electron chi connectivity index (χ1n) is 9.46. The predicted octanol–water partition coefficient (Wildman–Crippen LogP) is 3.41. The third-order valence-electron chi connectivity index (χ3n) is 5.30. The van der Waals surface area contributed by atoms with E-state index in [4.69, 9.17) is 4.52 Å². The molecule has 1 fully saturated rings. The van der Waals surface area contributed by atoms with Gasteiger partial charge in [0.1, 0.15) is 6.54 Å². The predicted molar refractivity (Wildman–Crippen MR) is 97.0 cm³/mol. The maximum atomic E-state index is 13.6. The maximum Gasteiger partial charge on any atom is 0.417 e. The highest BCUT2D eigenvalue weighted by Crippen LogP contribution is 2.40. The van der Waals surface area contributed by atoms with Gasteiger partial charge in [0.2, 0.25) is 5.91 Å². The van der Waals surface area contributed by atoms with Crippen molar-refractivity contribution in [3.05, 3.63) is 41.7 Å². The maximum absolute atomic E-state index is 13.6. The van der Waals surface area contributed by atoms with Crippen LogP contribution in [0.4, 0.5) is 13.2 Å². The zero-order valence-electron chi connectivity index (χ0n) is 15.8. The minimum Gasteiger partial charge on any atom is -0.341 e. The van der Waals surface area contributed by atoms with Crippen LogP contribution in [0, 0.1) is 0 Å². The van der Waals surface area contributed by atoms with Gasteiger partial charge in [-0.05, 0) is 25.3 Å². The second-order valence-corrected chi connectivity index (χ2v) is 7.15. The zero-order chi connectivity index (χ0) is 20.6. The number of fused-ring (bicyclic) bond motifs is 1. The minimum atomic E-state index is -4.52. The van der Waals surface area contributed by atoms with Gasteiger partial charge >= 0.3 is 6.18 Å². The molecular weight excluding hydrogens is 387 g/mol. The van der Waals surface area contributed by atoms with Crippen molar-refractivity contribution in [2.75, 3.05) is 13.1 Å². The van der Waals surface area contributed by atoms with Crippen molar-refractivity contribution in [2.45, 2.75) is 44.8 Å². The Kier molecular flexibility index (Phi) is 5.01. The molecule has 0 unspecified atom stereocenters. The van der Waals surface area contributed by atoms with Gasteiger partial charge < -0.3 is 14.0 Å². The van der Waals surface area contributed by atoms with Crippen molar-refractivity contribution in [2.24, 2.45) is 0 Å². The quantitative estimate of drug-likeness (QED) is 0.663. The topological polar surface area (TPSA) is 77.0 Å². The normalized spacial score (nSPS) is 15.9. The lowest BCUT2D eigenvalue weighted by molar-refractivity contribution is -0.136. The highest BCUT2D eigenvalue weighted by Gasteiger charge is 2.38. The lowest BCUT2D eigenvalue weighted by Crippen LogP contribution is -2.39. The number of piperidine rings is 1. The molecule has 1 aliphatic heterocycles. The van der Waals surface area contributed by atoms with Crippen LogP contribution >= 0.6 is 0 Å². The number of hydrogen-bond acceptors (Lipinski definition) is 5. The van der Waals surface area contributed by atoms with Gasteiger partial charge in [0.15, 0.2) is 0 Å². The Hall–Kier alpha value is -2.91. The smallest absolute Gasteiger partial charge is 0.341 e. The van der Waals surface area contributed by atoms with Crippen molar-refractivity contribution in [3.63, 3.8) is 0 Å². The molecule has 1 aliphatic rings. The van der Waals surface area contributed by atoms with E-state index < -0.39 is 11.7 Å². The second-order valence-electron chi connectivity index (χ2n) is 7.15. The standard InChI is InChI=1S/C19H20F3N5O2/c1-2-13-9-14(19(20,21)22)16-17(25-29-18(16)24-13)12-3-6-27(7-4-12)15(28)10-26-8-5-23-11-26/h5,8-9,11-12H,2-4,6-7,10H2,1H3. The molecule has 7 nitrogen and oxygen atoms in total. The Labute approximate surface area is 164 Å². The van der Waals surface area contributed by atoms with Crippen molar-refractivity contribution in [3.8, 4) is 0 Å². The van der Waals surface area contributed by atoms with E-state index in [2.05, 4.69) is 15.1 Å². The van der Waals surface area contributed by atoms with Crippen molar-refractivity contribution in [1.29, 1.82) is 0 Å². The number of pyridine rings is 1. The number of carbonyl (C=O) groups is 1. The van der Waals surface area contributed by atoms with Gasteiger partial charge in [0.25, 0.3) is 5.71 Å². The number of carbonyl (C=O) groups excluding carboxylic acids is 1. The summed E-state index contributed by atoms with van der Waals surface area (Å²) in [6.07, 6.45) is 1.77. The summed E-state index contributed by atoms with van der Waals surface area (Å²) in [5.41, 5.74) is -0.240. The molecule has 0 aliphatic carbocycles. The molecule has 4 rings (SSSR count). The van der Waals surface area contributed by atoms with Gasteiger partial charge in [-0.15, -0.1) is 0 Å². The molecule has 1 saturated heterocycles. The number of aromatic nitrogens is 4. The van der Waals surface area contributed by atoms with E-state index in [1.54, 1.807) is 35.1 Å². The van der Waals surface area contributed by atoms with Crippen LogP contribution in [0.1, 0.15) is 42.6 Å². The number of imidazole rings is 1. The fourth-order valence-electron chi connectivity index (χ4n) is 3.75. The number of nitrogens with zero attached hydrogens (tertiary/aromatic N) is 5. The molecule has 0 saturated carbocycles.